The van der Waals surface area contributed by atoms with Crippen LogP contribution in [0.4, 0.5) is 0 Å². The molecule has 2 N–H and O–H groups in total. The Labute approximate surface area is 99.2 Å². The van der Waals surface area contributed by atoms with E-state index in [0.29, 0.717) is 11.5 Å². The van der Waals surface area contributed by atoms with Crippen molar-refractivity contribution in [1.29, 1.82) is 0 Å². The van der Waals surface area contributed by atoms with Gasteiger partial charge in [-0.25, -0.2) is 0 Å². The highest BCUT2D eigenvalue weighted by Crippen LogP contribution is 2.27. The molecule has 1 atom stereocenters. The Kier molecular flexibility index (Phi) is 2.28. The van der Waals surface area contributed by atoms with Crippen LogP contribution in [0.1, 0.15) is 34.3 Å². The van der Waals surface area contributed by atoms with Crippen LogP contribution >= 0.6 is 0 Å². The summed E-state index contributed by atoms with van der Waals surface area (Å²) in [7, 11) is 0. The van der Waals surface area contributed by atoms with E-state index < -0.39 is 5.91 Å². The zero-order chi connectivity index (χ0) is 11.8. The van der Waals surface area contributed by atoms with E-state index in [2.05, 4.69) is 10.2 Å². The van der Waals surface area contributed by atoms with E-state index in [9.17, 15) is 4.79 Å². The number of carbonyl (C=O) groups excluding carboxylic acids is 1. The predicted molar refractivity (Wildman–Crippen MR) is 66.4 cm³/mol. The molecule has 0 bridgehead atoms. The first kappa shape index (κ1) is 10.2. The molecule has 0 aromatic heterocycles. The number of hydrogen-bond donors (Lipinski definition) is 1. The summed E-state index contributed by atoms with van der Waals surface area (Å²) in [6.45, 7) is 0. The van der Waals surface area contributed by atoms with Crippen molar-refractivity contribution in [2.24, 2.45) is 21.9 Å². The summed E-state index contributed by atoms with van der Waals surface area (Å²) in [5.74, 6) is -0.0903. The number of hydrogen-bond acceptors (Lipinski definition) is 3. The molecule has 2 aliphatic rings. The van der Waals surface area contributed by atoms with Crippen LogP contribution in [0.2, 0.25) is 0 Å². The predicted octanol–water partition coefficient (Wildman–Crippen LogP) is 1.53. The van der Waals surface area contributed by atoms with Gasteiger partial charge < -0.3 is 5.73 Å². The van der Waals surface area contributed by atoms with Gasteiger partial charge in [0, 0.05) is 23.3 Å². The highest BCUT2D eigenvalue weighted by molar-refractivity contribution is 6.13. The van der Waals surface area contributed by atoms with Gasteiger partial charge in [0.05, 0.1) is 5.71 Å². The van der Waals surface area contributed by atoms with Crippen LogP contribution in [0, 0.1) is 5.92 Å². The molecular weight excluding hydrogens is 214 g/mol. The zero-order valence-corrected chi connectivity index (χ0v) is 9.39. The lowest BCUT2D eigenvalue weighted by atomic mass is 9.94. The average molecular weight is 227 g/mol. The molecule has 1 amide bonds. The molecule has 4 nitrogen and oxygen atoms in total. The number of primary amides is 1. The first-order valence-electron chi connectivity index (χ1n) is 5.80. The molecule has 1 heterocycles. The van der Waals surface area contributed by atoms with Gasteiger partial charge in [-0.3, -0.25) is 4.79 Å². The molecule has 0 fully saturated rings. The van der Waals surface area contributed by atoms with Crippen molar-refractivity contribution >= 4 is 17.8 Å². The Hall–Kier alpha value is -1.97. The van der Waals surface area contributed by atoms with Crippen LogP contribution in [0.25, 0.3) is 0 Å². The largest absolute Gasteiger partial charge is 0.366 e. The van der Waals surface area contributed by atoms with Gasteiger partial charge in [0.1, 0.15) is 0 Å². The second kappa shape index (κ2) is 3.80. The molecule has 0 radical (unpaired) electrons. The van der Waals surface area contributed by atoms with Crippen molar-refractivity contribution in [3.63, 3.8) is 0 Å². The number of amides is 1. The van der Waals surface area contributed by atoms with E-state index in [-0.39, 0.29) is 0 Å². The van der Waals surface area contributed by atoms with Gasteiger partial charge in [-0.05, 0) is 37.0 Å². The highest BCUT2D eigenvalue weighted by Gasteiger charge is 2.25. The number of carbonyl (C=O) groups is 1. The summed E-state index contributed by atoms with van der Waals surface area (Å²) in [5, 5.41) is 8.18. The first-order chi connectivity index (χ1) is 8.25. The Morgan fingerprint density at radius 2 is 2.29 bits per heavy atom. The molecule has 4 heteroatoms. The third-order valence-corrected chi connectivity index (χ3v) is 3.39. The first-order valence-corrected chi connectivity index (χ1v) is 5.80. The molecule has 0 saturated heterocycles. The molecule has 3 rings (SSSR count). The number of rotatable bonds is 1. The molecular formula is C13H13N3O. The Balaban J connectivity index is 2.13. The maximum atomic E-state index is 11.2. The number of fused-ring (bicyclic) bond motifs is 3. The molecule has 1 unspecified atom stereocenters. The third-order valence-electron chi connectivity index (χ3n) is 3.39. The molecule has 17 heavy (non-hydrogen) atoms. The topological polar surface area (TPSA) is 67.8 Å². The lowest BCUT2D eigenvalue weighted by molar-refractivity contribution is 0.100. The van der Waals surface area contributed by atoms with Gasteiger partial charge >= 0.3 is 0 Å². The van der Waals surface area contributed by atoms with Crippen LogP contribution < -0.4 is 5.73 Å². The van der Waals surface area contributed by atoms with Gasteiger partial charge in [-0.2, -0.15) is 10.2 Å². The van der Waals surface area contributed by atoms with E-state index in [1.165, 1.54) is 5.56 Å². The minimum atomic E-state index is -0.395. The summed E-state index contributed by atoms with van der Waals surface area (Å²) < 4.78 is 0. The van der Waals surface area contributed by atoms with Crippen molar-refractivity contribution in [3.05, 3.63) is 34.9 Å². The van der Waals surface area contributed by atoms with Crippen LogP contribution in [-0.4, -0.2) is 17.8 Å². The van der Waals surface area contributed by atoms with Gasteiger partial charge in [0.15, 0.2) is 0 Å². The van der Waals surface area contributed by atoms with Crippen LogP contribution in [0.3, 0.4) is 0 Å². The fraction of sp³-hybridized carbons (Fsp3) is 0.308. The SMILES string of the molecule is NC(=O)c1ccc2c(c1)C1=NN=CC1CCC2. The zero-order valence-electron chi connectivity index (χ0n) is 9.39. The average Bonchev–Trinajstić information content (AvgIpc) is 2.71. The van der Waals surface area contributed by atoms with Gasteiger partial charge in [0.2, 0.25) is 5.91 Å². The van der Waals surface area contributed by atoms with Crippen molar-refractivity contribution in [3.8, 4) is 0 Å². The summed E-state index contributed by atoms with van der Waals surface area (Å²) >= 11 is 0. The van der Waals surface area contributed by atoms with E-state index in [0.717, 1.165) is 30.5 Å². The van der Waals surface area contributed by atoms with Crippen molar-refractivity contribution < 1.29 is 4.79 Å². The standard InChI is InChI=1S/C13H13N3O/c14-13(17)9-5-4-8-2-1-3-10-7-15-16-12(10)11(8)6-9/h4-7,10H,1-3H2,(H2,14,17). The maximum Gasteiger partial charge on any atom is 0.248 e. The molecule has 1 aliphatic carbocycles. The van der Waals surface area contributed by atoms with Crippen molar-refractivity contribution in [2.75, 3.05) is 0 Å². The molecule has 1 aromatic carbocycles. The Morgan fingerprint density at radius 3 is 3.12 bits per heavy atom. The number of aryl methyl sites for hydroxylation is 1. The highest BCUT2D eigenvalue weighted by atomic mass is 16.1. The van der Waals surface area contributed by atoms with Crippen LogP contribution in [-0.2, 0) is 6.42 Å². The summed E-state index contributed by atoms with van der Waals surface area (Å²) in [6, 6.07) is 5.63. The van der Waals surface area contributed by atoms with E-state index in [1.807, 2.05) is 18.3 Å². The lowest BCUT2D eigenvalue weighted by Gasteiger charge is -2.09. The quantitative estimate of drug-likeness (QED) is 0.776. The molecule has 86 valence electrons. The fourth-order valence-corrected chi connectivity index (χ4v) is 2.48. The fourth-order valence-electron chi connectivity index (χ4n) is 2.48. The van der Waals surface area contributed by atoms with Crippen LogP contribution in [0.5, 0.6) is 0 Å². The van der Waals surface area contributed by atoms with E-state index in [1.54, 1.807) is 6.07 Å². The normalized spacial score (nSPS) is 21.4. The van der Waals surface area contributed by atoms with E-state index in [4.69, 9.17) is 5.73 Å². The van der Waals surface area contributed by atoms with Gasteiger partial charge in [-0.1, -0.05) is 6.07 Å². The Morgan fingerprint density at radius 1 is 1.41 bits per heavy atom. The molecule has 0 saturated carbocycles. The summed E-state index contributed by atoms with van der Waals surface area (Å²) in [5.41, 5.74) is 9.12. The second-order valence-electron chi connectivity index (χ2n) is 4.48. The van der Waals surface area contributed by atoms with Gasteiger partial charge in [-0.15, -0.1) is 0 Å². The van der Waals surface area contributed by atoms with Gasteiger partial charge in [0.25, 0.3) is 0 Å². The van der Waals surface area contributed by atoms with Crippen LogP contribution in [0.15, 0.2) is 28.4 Å². The third kappa shape index (κ3) is 1.65. The number of nitrogens with zero attached hydrogens (tertiary/aromatic N) is 2. The minimum Gasteiger partial charge on any atom is -0.366 e. The molecule has 0 spiro atoms. The molecule has 1 aromatic rings. The monoisotopic (exact) mass is 227 g/mol. The lowest BCUT2D eigenvalue weighted by Crippen LogP contribution is -2.16. The second-order valence-corrected chi connectivity index (χ2v) is 4.48. The molecule has 1 aliphatic heterocycles. The smallest absolute Gasteiger partial charge is 0.248 e. The summed E-state index contributed by atoms with van der Waals surface area (Å²) in [6.07, 6.45) is 5.11. The maximum absolute atomic E-state index is 11.2. The van der Waals surface area contributed by atoms with E-state index >= 15 is 0 Å². The summed E-state index contributed by atoms with van der Waals surface area (Å²) in [4.78, 5) is 11.2. The number of benzene rings is 1. The number of nitrogens with two attached hydrogens (primary N) is 1. The van der Waals surface area contributed by atoms with Crippen molar-refractivity contribution in [1.82, 2.24) is 0 Å². The van der Waals surface area contributed by atoms with Crippen molar-refractivity contribution in [2.45, 2.75) is 19.3 Å². The minimum absolute atomic E-state index is 0.305. The Bertz CT molecular complexity index is 546.